The molecule has 1 heterocycles. The van der Waals surface area contributed by atoms with Gasteiger partial charge in [0.05, 0.1) is 0 Å². The lowest BCUT2D eigenvalue weighted by atomic mass is 10.2. The smallest absolute Gasteiger partial charge is 0.0299 e. The molecule has 0 amide bonds. The molecule has 0 aliphatic rings. The molecule has 62 valence electrons. The Morgan fingerprint density at radius 1 is 1.45 bits per heavy atom. The third kappa shape index (κ3) is 5.92. The van der Waals surface area contributed by atoms with E-state index in [1.807, 2.05) is 19.2 Å². The van der Waals surface area contributed by atoms with Crippen LogP contribution in [0.2, 0.25) is 0 Å². The van der Waals surface area contributed by atoms with E-state index >= 15 is 0 Å². The standard InChI is InChI=1S/C7H9N.C2H6S/c1-2-7-4-3-5-8-6-7;1-2-3/h3-6H,2H2,1H3;3H,2H2,1H3. The molecule has 2 heteroatoms. The SMILES string of the molecule is CCS.CCc1cccnc1. The minimum absolute atomic E-state index is 0.944. The Morgan fingerprint density at radius 2 is 2.09 bits per heavy atom. The molecule has 1 aromatic rings. The summed E-state index contributed by atoms with van der Waals surface area (Å²) >= 11 is 3.79. The van der Waals surface area contributed by atoms with E-state index in [0.717, 1.165) is 12.2 Å². The van der Waals surface area contributed by atoms with Crippen LogP contribution in [-0.4, -0.2) is 10.7 Å². The average Bonchev–Trinajstić information content (AvgIpc) is 2.08. The van der Waals surface area contributed by atoms with Crippen molar-refractivity contribution in [3.8, 4) is 0 Å². The molecule has 0 saturated carbocycles. The highest BCUT2D eigenvalue weighted by Gasteiger charge is 1.81. The number of hydrogen-bond acceptors (Lipinski definition) is 2. The number of hydrogen-bond donors (Lipinski definition) is 1. The summed E-state index contributed by atoms with van der Waals surface area (Å²) in [4.78, 5) is 3.96. The van der Waals surface area contributed by atoms with Gasteiger partial charge in [0.2, 0.25) is 0 Å². The zero-order valence-electron chi connectivity index (χ0n) is 7.12. The van der Waals surface area contributed by atoms with Crippen LogP contribution in [0.4, 0.5) is 0 Å². The molecule has 0 saturated heterocycles. The fourth-order valence-corrected chi connectivity index (χ4v) is 0.607. The predicted molar refractivity (Wildman–Crippen MR) is 53.1 cm³/mol. The Morgan fingerprint density at radius 3 is 2.36 bits per heavy atom. The van der Waals surface area contributed by atoms with Crippen molar-refractivity contribution in [2.75, 3.05) is 5.75 Å². The zero-order valence-corrected chi connectivity index (χ0v) is 8.01. The molecule has 1 rings (SSSR count). The normalized spacial score (nSPS) is 8.27. The number of nitrogens with zero attached hydrogens (tertiary/aromatic N) is 1. The fraction of sp³-hybridized carbons (Fsp3) is 0.444. The van der Waals surface area contributed by atoms with Gasteiger partial charge in [-0.3, -0.25) is 4.98 Å². The van der Waals surface area contributed by atoms with Crippen LogP contribution in [0.25, 0.3) is 0 Å². The molecule has 0 spiro atoms. The first-order chi connectivity index (χ1) is 5.35. The molecule has 0 aliphatic carbocycles. The summed E-state index contributed by atoms with van der Waals surface area (Å²) < 4.78 is 0. The summed E-state index contributed by atoms with van der Waals surface area (Å²) in [6.07, 6.45) is 4.76. The first kappa shape index (κ1) is 10.5. The molecule has 11 heavy (non-hydrogen) atoms. The Hall–Kier alpha value is -0.500. The monoisotopic (exact) mass is 169 g/mol. The lowest BCUT2D eigenvalue weighted by molar-refractivity contribution is 1.10. The second kappa shape index (κ2) is 7.61. The highest BCUT2D eigenvalue weighted by atomic mass is 32.1. The lowest BCUT2D eigenvalue weighted by Gasteiger charge is -1.88. The first-order valence-corrected chi connectivity index (χ1v) is 4.48. The summed E-state index contributed by atoms with van der Waals surface area (Å²) in [6.45, 7) is 4.11. The summed E-state index contributed by atoms with van der Waals surface area (Å²) in [7, 11) is 0. The second-order valence-corrected chi connectivity index (χ2v) is 2.66. The topological polar surface area (TPSA) is 12.9 Å². The largest absolute Gasteiger partial charge is 0.264 e. The van der Waals surface area contributed by atoms with Crippen LogP contribution in [0.3, 0.4) is 0 Å². The van der Waals surface area contributed by atoms with Crippen molar-refractivity contribution in [1.29, 1.82) is 0 Å². The van der Waals surface area contributed by atoms with Gasteiger partial charge >= 0.3 is 0 Å². The first-order valence-electron chi connectivity index (χ1n) is 3.84. The third-order valence-electron chi connectivity index (χ3n) is 1.13. The van der Waals surface area contributed by atoms with E-state index in [-0.39, 0.29) is 0 Å². The molecular formula is C9H15NS. The maximum atomic E-state index is 3.96. The van der Waals surface area contributed by atoms with Crippen LogP contribution < -0.4 is 0 Å². The summed E-state index contributed by atoms with van der Waals surface area (Å²) in [5.41, 5.74) is 1.30. The minimum atomic E-state index is 0.944. The Balaban J connectivity index is 0.000000292. The number of aryl methyl sites for hydroxylation is 1. The fourth-order valence-electron chi connectivity index (χ4n) is 0.607. The highest BCUT2D eigenvalue weighted by molar-refractivity contribution is 7.80. The van der Waals surface area contributed by atoms with E-state index in [0.29, 0.717) is 0 Å². The number of aromatic nitrogens is 1. The van der Waals surface area contributed by atoms with Gasteiger partial charge < -0.3 is 0 Å². The second-order valence-electron chi connectivity index (χ2n) is 2.03. The van der Waals surface area contributed by atoms with Gasteiger partial charge in [-0.25, -0.2) is 0 Å². The van der Waals surface area contributed by atoms with Crippen molar-refractivity contribution >= 4 is 12.6 Å². The van der Waals surface area contributed by atoms with Gasteiger partial charge in [0.25, 0.3) is 0 Å². The van der Waals surface area contributed by atoms with Gasteiger partial charge in [0, 0.05) is 12.4 Å². The summed E-state index contributed by atoms with van der Waals surface area (Å²) in [5, 5.41) is 0. The van der Waals surface area contributed by atoms with Gasteiger partial charge in [-0.2, -0.15) is 12.6 Å². The molecule has 0 atom stereocenters. The van der Waals surface area contributed by atoms with Gasteiger partial charge in [-0.05, 0) is 23.8 Å². The van der Waals surface area contributed by atoms with Crippen LogP contribution >= 0.6 is 12.6 Å². The van der Waals surface area contributed by atoms with Crippen molar-refractivity contribution in [2.45, 2.75) is 20.3 Å². The van der Waals surface area contributed by atoms with E-state index in [2.05, 4.69) is 30.6 Å². The molecule has 0 bridgehead atoms. The summed E-state index contributed by atoms with van der Waals surface area (Å²) in [6, 6.07) is 4.03. The van der Waals surface area contributed by atoms with Gasteiger partial charge in [-0.1, -0.05) is 19.9 Å². The van der Waals surface area contributed by atoms with Crippen molar-refractivity contribution in [1.82, 2.24) is 4.98 Å². The lowest BCUT2D eigenvalue weighted by Crippen LogP contribution is -1.77. The van der Waals surface area contributed by atoms with Gasteiger partial charge in [-0.15, -0.1) is 0 Å². The molecular weight excluding hydrogens is 154 g/mol. The van der Waals surface area contributed by atoms with Crippen molar-refractivity contribution < 1.29 is 0 Å². The quantitative estimate of drug-likeness (QED) is 0.638. The van der Waals surface area contributed by atoms with Crippen molar-refractivity contribution in [3.05, 3.63) is 30.1 Å². The zero-order chi connectivity index (χ0) is 8.53. The molecule has 1 nitrogen and oxygen atoms in total. The van der Waals surface area contributed by atoms with Gasteiger partial charge in [0.15, 0.2) is 0 Å². The predicted octanol–water partition coefficient (Wildman–Crippen LogP) is 2.58. The molecule has 0 fully saturated rings. The summed E-state index contributed by atoms with van der Waals surface area (Å²) in [5.74, 6) is 0.944. The minimum Gasteiger partial charge on any atom is -0.264 e. The van der Waals surface area contributed by atoms with Crippen LogP contribution in [0, 0.1) is 0 Å². The Kier molecular flexibility index (Phi) is 7.26. The maximum Gasteiger partial charge on any atom is 0.0299 e. The van der Waals surface area contributed by atoms with Crippen LogP contribution in [0.5, 0.6) is 0 Å². The van der Waals surface area contributed by atoms with Gasteiger partial charge in [0.1, 0.15) is 0 Å². The molecule has 0 unspecified atom stereocenters. The van der Waals surface area contributed by atoms with E-state index < -0.39 is 0 Å². The maximum absolute atomic E-state index is 3.96. The molecule has 0 N–H and O–H groups in total. The molecule has 1 aromatic heterocycles. The van der Waals surface area contributed by atoms with E-state index in [1.165, 1.54) is 5.56 Å². The average molecular weight is 169 g/mol. The molecule has 0 aliphatic heterocycles. The number of thiol groups is 1. The van der Waals surface area contributed by atoms with Crippen LogP contribution in [0.15, 0.2) is 24.5 Å². The Labute approximate surface area is 74.3 Å². The van der Waals surface area contributed by atoms with Crippen molar-refractivity contribution in [3.63, 3.8) is 0 Å². The highest BCUT2D eigenvalue weighted by Crippen LogP contribution is 1.93. The van der Waals surface area contributed by atoms with Crippen LogP contribution in [0.1, 0.15) is 19.4 Å². The van der Waals surface area contributed by atoms with E-state index in [1.54, 1.807) is 6.20 Å². The van der Waals surface area contributed by atoms with E-state index in [9.17, 15) is 0 Å². The number of pyridine rings is 1. The van der Waals surface area contributed by atoms with E-state index in [4.69, 9.17) is 0 Å². The third-order valence-corrected chi connectivity index (χ3v) is 1.13. The number of rotatable bonds is 1. The molecule has 0 radical (unpaired) electrons. The molecule has 0 aromatic carbocycles. The van der Waals surface area contributed by atoms with Crippen molar-refractivity contribution in [2.24, 2.45) is 0 Å². The Bertz CT molecular complexity index is 162. The van der Waals surface area contributed by atoms with Crippen LogP contribution in [-0.2, 0) is 6.42 Å².